The lowest BCUT2D eigenvalue weighted by molar-refractivity contribution is -0.116. The second-order valence-corrected chi connectivity index (χ2v) is 6.65. The summed E-state index contributed by atoms with van der Waals surface area (Å²) in [5.41, 5.74) is 2.26. The van der Waals surface area contributed by atoms with Crippen molar-refractivity contribution in [2.24, 2.45) is 0 Å². The van der Waals surface area contributed by atoms with Gasteiger partial charge in [0.1, 0.15) is 5.76 Å². The van der Waals surface area contributed by atoms with Crippen LogP contribution >= 0.6 is 0 Å². The minimum absolute atomic E-state index is 0.178. The number of aliphatic hydroxyl groups excluding tert-OH is 1. The normalized spacial score (nSPS) is 11.1. The number of carbonyl (C=O) groups excluding carboxylic acids is 2. The van der Waals surface area contributed by atoms with Crippen LogP contribution in [0.4, 0.5) is 5.69 Å². The van der Waals surface area contributed by atoms with Gasteiger partial charge in [0.15, 0.2) is 5.69 Å². The molecule has 0 radical (unpaired) electrons. The number of aromatic nitrogens is 1. The Balaban J connectivity index is 1.60. The lowest BCUT2D eigenvalue weighted by atomic mass is 10.1. The Bertz CT molecular complexity index is 1080. The molecule has 7 nitrogen and oxygen atoms in total. The van der Waals surface area contributed by atoms with E-state index >= 15 is 0 Å². The van der Waals surface area contributed by atoms with Crippen LogP contribution in [0.3, 0.4) is 0 Å². The molecule has 2 amide bonds. The number of carbonyl (C=O) groups is 2. The molecule has 0 saturated heterocycles. The van der Waals surface area contributed by atoms with Crippen molar-refractivity contribution in [3.8, 4) is 11.8 Å². The highest BCUT2D eigenvalue weighted by Crippen LogP contribution is 2.12. The fourth-order valence-corrected chi connectivity index (χ4v) is 2.75. The highest BCUT2D eigenvalue weighted by Gasteiger charge is 2.12. The van der Waals surface area contributed by atoms with Gasteiger partial charge in [0.2, 0.25) is 0 Å². The molecule has 3 rings (SSSR count). The van der Waals surface area contributed by atoms with Crippen LogP contribution in [0.15, 0.2) is 65.2 Å². The van der Waals surface area contributed by atoms with Crippen LogP contribution < -0.4 is 10.6 Å². The zero-order valence-electron chi connectivity index (χ0n) is 16.4. The molecule has 1 atom stereocenters. The lowest BCUT2D eigenvalue weighted by Gasteiger charge is -2.14. The maximum absolute atomic E-state index is 12.2. The maximum Gasteiger partial charge on any atom is 0.296 e. The zero-order valence-corrected chi connectivity index (χ0v) is 16.4. The quantitative estimate of drug-likeness (QED) is 0.548. The van der Waals surface area contributed by atoms with Gasteiger partial charge in [0.05, 0.1) is 12.6 Å². The summed E-state index contributed by atoms with van der Waals surface area (Å²) >= 11 is 0. The van der Waals surface area contributed by atoms with E-state index in [2.05, 4.69) is 27.6 Å². The fraction of sp³-hybridized carbons (Fsp3) is 0.174. The molecule has 3 N–H and O–H groups in total. The molecule has 152 valence electrons. The first kappa shape index (κ1) is 20.8. The van der Waals surface area contributed by atoms with Crippen molar-refractivity contribution in [3.63, 3.8) is 0 Å². The number of nitrogens with one attached hydrogen (secondary N) is 2. The largest absolute Gasteiger partial charge is 0.394 e. The van der Waals surface area contributed by atoms with E-state index in [0.29, 0.717) is 23.4 Å². The summed E-state index contributed by atoms with van der Waals surface area (Å²) < 4.78 is 4.89. The Morgan fingerprint density at radius 3 is 2.63 bits per heavy atom. The molecule has 2 aromatic carbocycles. The van der Waals surface area contributed by atoms with Gasteiger partial charge >= 0.3 is 0 Å². The third kappa shape index (κ3) is 6.06. The molecule has 0 aliphatic carbocycles. The van der Waals surface area contributed by atoms with Gasteiger partial charge in [-0.2, -0.15) is 0 Å². The first-order valence-electron chi connectivity index (χ1n) is 9.35. The number of aryl methyl sites for hydroxylation is 1. The number of hydrogen-bond donors (Lipinski definition) is 3. The molecule has 1 aromatic heterocycles. The topological polar surface area (TPSA) is 104 Å². The predicted octanol–water partition coefficient (Wildman–Crippen LogP) is 2.31. The molecule has 0 saturated carbocycles. The number of benzene rings is 2. The number of aliphatic hydroxyl groups is 1. The molecule has 0 spiro atoms. The van der Waals surface area contributed by atoms with Crippen molar-refractivity contribution < 1.29 is 19.2 Å². The third-order valence-electron chi connectivity index (χ3n) is 4.18. The van der Waals surface area contributed by atoms with E-state index in [1.807, 2.05) is 30.3 Å². The van der Waals surface area contributed by atoms with Crippen molar-refractivity contribution in [2.75, 3.05) is 11.9 Å². The number of hydrogen-bond acceptors (Lipinski definition) is 5. The van der Waals surface area contributed by atoms with Crippen molar-refractivity contribution in [2.45, 2.75) is 19.4 Å². The predicted molar refractivity (Wildman–Crippen MR) is 112 cm³/mol. The Morgan fingerprint density at radius 1 is 1.13 bits per heavy atom. The third-order valence-corrected chi connectivity index (χ3v) is 4.18. The first-order valence-corrected chi connectivity index (χ1v) is 9.35. The molecule has 0 fully saturated rings. The minimum Gasteiger partial charge on any atom is -0.394 e. The number of nitrogens with zero attached hydrogens (tertiary/aromatic N) is 1. The number of amides is 2. The first-order chi connectivity index (χ1) is 14.5. The standard InChI is InChI=1S/C23H21N3O4/c1-16-12-21(26-30-16)23(29)25-19-9-5-8-18(13-19)10-11-22(28)24-20(15-27)14-17-6-3-2-4-7-17/h2-9,12-13,20,27H,14-15H2,1H3,(H,24,28)(H,25,29)/t20-/m0/s1. The second kappa shape index (κ2) is 10.0. The van der Waals surface area contributed by atoms with Crippen molar-refractivity contribution in [1.29, 1.82) is 0 Å². The van der Waals surface area contributed by atoms with E-state index in [0.717, 1.165) is 5.56 Å². The van der Waals surface area contributed by atoms with Crippen LogP contribution in [0.5, 0.6) is 0 Å². The van der Waals surface area contributed by atoms with Gasteiger partial charge in [-0.3, -0.25) is 9.59 Å². The number of anilines is 1. The van der Waals surface area contributed by atoms with Crippen LogP contribution in [0.25, 0.3) is 0 Å². The Labute approximate surface area is 174 Å². The summed E-state index contributed by atoms with van der Waals surface area (Å²) in [6.07, 6.45) is 0.508. The highest BCUT2D eigenvalue weighted by molar-refractivity contribution is 6.03. The molecule has 3 aromatic rings. The summed E-state index contributed by atoms with van der Waals surface area (Å²) in [7, 11) is 0. The van der Waals surface area contributed by atoms with Crippen LogP contribution in [0.1, 0.15) is 27.4 Å². The summed E-state index contributed by atoms with van der Waals surface area (Å²) in [4.78, 5) is 24.3. The molecule has 0 unspecified atom stereocenters. The average molecular weight is 403 g/mol. The fourth-order valence-electron chi connectivity index (χ4n) is 2.75. The van der Waals surface area contributed by atoms with Crippen LogP contribution in [-0.4, -0.2) is 34.7 Å². The summed E-state index contributed by atoms with van der Waals surface area (Å²) in [6.45, 7) is 1.51. The minimum atomic E-state index is -0.488. The van der Waals surface area contributed by atoms with Crippen LogP contribution in [0, 0.1) is 18.8 Å². The summed E-state index contributed by atoms with van der Waals surface area (Å²) in [5.74, 6) is 4.93. The Kier molecular flexibility index (Phi) is 6.98. The van der Waals surface area contributed by atoms with Crippen molar-refractivity contribution in [3.05, 3.63) is 83.2 Å². The van der Waals surface area contributed by atoms with E-state index in [4.69, 9.17) is 4.52 Å². The van der Waals surface area contributed by atoms with E-state index < -0.39 is 17.9 Å². The van der Waals surface area contributed by atoms with Crippen molar-refractivity contribution in [1.82, 2.24) is 10.5 Å². The summed E-state index contributed by atoms with van der Waals surface area (Å²) in [5, 5.41) is 18.6. The van der Waals surface area contributed by atoms with Gasteiger partial charge in [-0.15, -0.1) is 0 Å². The number of rotatable bonds is 6. The van der Waals surface area contributed by atoms with Crippen LogP contribution in [0.2, 0.25) is 0 Å². The zero-order chi connectivity index (χ0) is 21.3. The highest BCUT2D eigenvalue weighted by atomic mass is 16.5. The molecular formula is C23H21N3O4. The molecule has 7 heteroatoms. The van der Waals surface area contributed by atoms with E-state index in [-0.39, 0.29) is 12.3 Å². The molecule has 1 heterocycles. The van der Waals surface area contributed by atoms with Gasteiger partial charge in [-0.25, -0.2) is 0 Å². The van der Waals surface area contributed by atoms with Crippen LogP contribution in [-0.2, 0) is 11.2 Å². The average Bonchev–Trinajstić information content (AvgIpc) is 3.19. The van der Waals surface area contributed by atoms with Gasteiger partial charge in [0.25, 0.3) is 11.8 Å². The maximum atomic E-state index is 12.2. The van der Waals surface area contributed by atoms with E-state index in [9.17, 15) is 14.7 Å². The smallest absolute Gasteiger partial charge is 0.296 e. The summed E-state index contributed by atoms with van der Waals surface area (Å²) in [6, 6.07) is 17.5. The lowest BCUT2D eigenvalue weighted by Crippen LogP contribution is -2.38. The molecule has 0 aliphatic heterocycles. The Hall–Kier alpha value is -3.89. The SMILES string of the molecule is Cc1cc(C(=O)Nc2cccc(C#CC(=O)N[C@H](CO)Cc3ccccc3)c2)no1. The van der Waals surface area contributed by atoms with Gasteiger partial charge in [-0.1, -0.05) is 47.5 Å². The molecular weight excluding hydrogens is 382 g/mol. The Morgan fingerprint density at radius 2 is 1.93 bits per heavy atom. The van der Waals surface area contributed by atoms with E-state index in [1.165, 1.54) is 6.07 Å². The van der Waals surface area contributed by atoms with E-state index in [1.54, 1.807) is 31.2 Å². The molecule has 30 heavy (non-hydrogen) atoms. The molecule has 0 aliphatic rings. The monoisotopic (exact) mass is 403 g/mol. The van der Waals surface area contributed by atoms with Crippen molar-refractivity contribution >= 4 is 17.5 Å². The second-order valence-electron chi connectivity index (χ2n) is 6.65. The molecule has 0 bridgehead atoms. The van der Waals surface area contributed by atoms with Gasteiger partial charge < -0.3 is 20.3 Å². The van der Waals surface area contributed by atoms with Gasteiger partial charge in [0, 0.05) is 23.2 Å². The van der Waals surface area contributed by atoms with Gasteiger partial charge in [-0.05, 0) is 37.1 Å².